The van der Waals surface area contributed by atoms with Gasteiger partial charge in [-0.25, -0.2) is 9.97 Å². The van der Waals surface area contributed by atoms with Crippen LogP contribution in [0.3, 0.4) is 0 Å². The number of anilines is 1. The van der Waals surface area contributed by atoms with Gasteiger partial charge >= 0.3 is 0 Å². The summed E-state index contributed by atoms with van der Waals surface area (Å²) in [6, 6.07) is 8.19. The first-order valence-corrected chi connectivity index (χ1v) is 11.2. The van der Waals surface area contributed by atoms with Crippen molar-refractivity contribution in [2.45, 2.75) is 51.7 Å². The molecule has 2 N–H and O–H groups in total. The molecule has 1 aromatic carbocycles. The molecule has 7 nitrogen and oxygen atoms in total. The Balaban J connectivity index is 1.92. The van der Waals surface area contributed by atoms with E-state index in [0.717, 1.165) is 48.7 Å². The van der Waals surface area contributed by atoms with Crippen LogP contribution in [0.2, 0.25) is 0 Å². The number of nitrogens with zero attached hydrogens (tertiary/aromatic N) is 3. The van der Waals surface area contributed by atoms with Gasteiger partial charge in [-0.1, -0.05) is 26.0 Å². The molecule has 1 unspecified atom stereocenters. The summed E-state index contributed by atoms with van der Waals surface area (Å²) in [4.78, 5) is 12.2. The number of aromatic nitrogens is 2. The molecule has 3 rings (SSSR count). The molecular weight excluding hydrogens is 392 g/mol. The minimum Gasteiger partial charge on any atom is -0.491 e. The van der Waals surface area contributed by atoms with E-state index in [2.05, 4.69) is 38.0 Å². The van der Waals surface area contributed by atoms with Gasteiger partial charge in [-0.05, 0) is 44.9 Å². The van der Waals surface area contributed by atoms with Crippen molar-refractivity contribution in [3.8, 4) is 17.1 Å². The van der Waals surface area contributed by atoms with Crippen LogP contribution in [-0.4, -0.2) is 67.7 Å². The highest BCUT2D eigenvalue weighted by atomic mass is 16.5. The number of likely N-dealkylation sites (N-methyl/N-ethyl adjacent to an activating group) is 1. The maximum Gasteiger partial charge on any atom is 0.161 e. The van der Waals surface area contributed by atoms with Gasteiger partial charge in [0.05, 0.1) is 5.69 Å². The number of aliphatic hydroxyl groups excluding tert-OH is 1. The summed E-state index contributed by atoms with van der Waals surface area (Å²) in [7, 11) is 3.93. The lowest BCUT2D eigenvalue weighted by Crippen LogP contribution is -2.37. The van der Waals surface area contributed by atoms with Crippen molar-refractivity contribution < 1.29 is 14.6 Å². The van der Waals surface area contributed by atoms with Gasteiger partial charge in [0.1, 0.15) is 24.3 Å². The molecule has 170 valence electrons. The second-order valence-electron chi connectivity index (χ2n) is 8.54. The van der Waals surface area contributed by atoms with Gasteiger partial charge in [-0.2, -0.15) is 0 Å². The first kappa shape index (κ1) is 23.4. The smallest absolute Gasteiger partial charge is 0.161 e. The third-order valence-electron chi connectivity index (χ3n) is 5.75. The maximum absolute atomic E-state index is 9.92. The number of ether oxygens (including phenoxy) is 2. The van der Waals surface area contributed by atoms with Crippen molar-refractivity contribution in [1.82, 2.24) is 15.3 Å². The summed E-state index contributed by atoms with van der Waals surface area (Å²) in [6.07, 6.45) is 1.45. The first-order valence-electron chi connectivity index (χ1n) is 11.2. The number of hydrogen-bond donors (Lipinski definition) is 2. The van der Waals surface area contributed by atoms with Crippen LogP contribution in [-0.2, 0) is 4.74 Å². The SMILES string of the molecule is CNCC(O)COc1cccc(-c2nc(C(C)C)c(C)c(N(C)C3CCOCC3)n2)c1. The summed E-state index contributed by atoms with van der Waals surface area (Å²) in [5, 5.41) is 12.9. The average Bonchev–Trinajstić information content (AvgIpc) is 2.78. The summed E-state index contributed by atoms with van der Waals surface area (Å²) < 4.78 is 11.3. The highest BCUT2D eigenvalue weighted by molar-refractivity contribution is 5.62. The molecule has 0 amide bonds. The minimum atomic E-state index is -0.559. The molecule has 2 heterocycles. The highest BCUT2D eigenvalue weighted by Gasteiger charge is 2.24. The molecule has 1 aliphatic heterocycles. The Labute approximate surface area is 185 Å². The molecule has 31 heavy (non-hydrogen) atoms. The van der Waals surface area contributed by atoms with E-state index in [1.165, 1.54) is 0 Å². The highest BCUT2D eigenvalue weighted by Crippen LogP contribution is 2.31. The van der Waals surface area contributed by atoms with Gasteiger partial charge in [0.2, 0.25) is 0 Å². The molecule has 1 aromatic heterocycles. The number of benzene rings is 1. The predicted molar refractivity (Wildman–Crippen MR) is 124 cm³/mol. The van der Waals surface area contributed by atoms with Crippen LogP contribution < -0.4 is 15.0 Å². The Hall–Kier alpha value is -2.22. The van der Waals surface area contributed by atoms with Crippen molar-refractivity contribution in [1.29, 1.82) is 0 Å². The summed E-state index contributed by atoms with van der Waals surface area (Å²) in [6.45, 7) is 8.76. The molecular formula is C24H36N4O3. The van der Waals surface area contributed by atoms with E-state index in [0.29, 0.717) is 30.1 Å². The Morgan fingerprint density at radius 1 is 1.26 bits per heavy atom. The van der Waals surface area contributed by atoms with Gasteiger partial charge in [-0.3, -0.25) is 0 Å². The monoisotopic (exact) mass is 428 g/mol. The fourth-order valence-electron chi connectivity index (χ4n) is 4.01. The maximum atomic E-state index is 9.92. The lowest BCUT2D eigenvalue weighted by Gasteiger charge is -2.33. The molecule has 7 heteroatoms. The summed E-state index contributed by atoms with van der Waals surface area (Å²) in [5.74, 6) is 2.67. The van der Waals surface area contributed by atoms with Gasteiger partial charge in [0.15, 0.2) is 5.82 Å². The molecule has 2 aromatic rings. The van der Waals surface area contributed by atoms with Crippen LogP contribution in [0.25, 0.3) is 11.4 Å². The molecule has 1 atom stereocenters. The topological polar surface area (TPSA) is 79.7 Å². The van der Waals surface area contributed by atoms with Crippen molar-refractivity contribution in [3.05, 3.63) is 35.5 Å². The van der Waals surface area contributed by atoms with E-state index < -0.39 is 6.10 Å². The third kappa shape index (κ3) is 5.93. The summed E-state index contributed by atoms with van der Waals surface area (Å²) >= 11 is 0. The van der Waals surface area contributed by atoms with E-state index in [-0.39, 0.29) is 6.61 Å². The molecule has 0 spiro atoms. The number of aliphatic hydroxyl groups is 1. The second-order valence-corrected chi connectivity index (χ2v) is 8.54. The minimum absolute atomic E-state index is 0.230. The molecule has 1 aliphatic rings. The van der Waals surface area contributed by atoms with Crippen LogP contribution in [0, 0.1) is 6.92 Å². The molecule has 1 saturated heterocycles. The molecule has 0 radical (unpaired) electrons. The fourth-order valence-corrected chi connectivity index (χ4v) is 4.01. The van der Waals surface area contributed by atoms with E-state index in [1.54, 1.807) is 7.05 Å². The lowest BCUT2D eigenvalue weighted by atomic mass is 10.0. The lowest BCUT2D eigenvalue weighted by molar-refractivity contribution is 0.0853. The normalized spacial score (nSPS) is 15.8. The largest absolute Gasteiger partial charge is 0.491 e. The Bertz CT molecular complexity index is 853. The zero-order valence-corrected chi connectivity index (χ0v) is 19.4. The van der Waals surface area contributed by atoms with Crippen LogP contribution in [0.15, 0.2) is 24.3 Å². The quantitative estimate of drug-likeness (QED) is 0.635. The van der Waals surface area contributed by atoms with Crippen LogP contribution in [0.5, 0.6) is 5.75 Å². The Morgan fingerprint density at radius 2 is 2.00 bits per heavy atom. The van der Waals surface area contributed by atoms with Gasteiger partial charge in [-0.15, -0.1) is 0 Å². The molecule has 0 saturated carbocycles. The zero-order chi connectivity index (χ0) is 22.4. The van der Waals surface area contributed by atoms with E-state index in [4.69, 9.17) is 19.4 Å². The van der Waals surface area contributed by atoms with Gasteiger partial charge in [0.25, 0.3) is 0 Å². The molecule has 0 bridgehead atoms. The molecule has 1 fully saturated rings. The van der Waals surface area contributed by atoms with E-state index in [9.17, 15) is 5.11 Å². The van der Waals surface area contributed by atoms with E-state index >= 15 is 0 Å². The second kappa shape index (κ2) is 10.9. The third-order valence-corrected chi connectivity index (χ3v) is 5.75. The molecule has 0 aliphatic carbocycles. The van der Waals surface area contributed by atoms with Crippen LogP contribution in [0.1, 0.15) is 43.9 Å². The Kier molecular flexibility index (Phi) is 8.23. The Morgan fingerprint density at radius 3 is 2.68 bits per heavy atom. The van der Waals surface area contributed by atoms with Crippen molar-refractivity contribution in [2.24, 2.45) is 0 Å². The standard InChI is InChI=1S/C24H36N4O3/c1-16(2)22-17(3)24(28(5)19-9-11-30-12-10-19)27-23(26-22)18-7-6-8-21(13-18)31-15-20(29)14-25-4/h6-8,13,16,19-20,25,29H,9-12,14-15H2,1-5H3. The summed E-state index contributed by atoms with van der Waals surface area (Å²) in [5.41, 5.74) is 3.11. The number of rotatable bonds is 9. The fraction of sp³-hybridized carbons (Fsp3) is 0.583. The number of nitrogens with one attached hydrogen (secondary N) is 1. The van der Waals surface area contributed by atoms with E-state index in [1.807, 2.05) is 24.3 Å². The zero-order valence-electron chi connectivity index (χ0n) is 19.4. The van der Waals surface area contributed by atoms with Crippen LogP contribution >= 0.6 is 0 Å². The van der Waals surface area contributed by atoms with Crippen LogP contribution in [0.4, 0.5) is 5.82 Å². The number of hydrogen-bond acceptors (Lipinski definition) is 7. The predicted octanol–water partition coefficient (Wildman–Crippen LogP) is 3.15. The van der Waals surface area contributed by atoms with Crippen molar-refractivity contribution in [3.63, 3.8) is 0 Å². The van der Waals surface area contributed by atoms with Crippen molar-refractivity contribution in [2.75, 3.05) is 45.4 Å². The average molecular weight is 429 g/mol. The van der Waals surface area contributed by atoms with Crippen molar-refractivity contribution >= 4 is 5.82 Å². The first-order chi connectivity index (χ1) is 14.9. The van der Waals surface area contributed by atoms with Gasteiger partial charge < -0.3 is 24.8 Å². The van der Waals surface area contributed by atoms with Gasteiger partial charge in [0, 0.05) is 44.0 Å².